The molecule has 0 radical (unpaired) electrons. The van der Waals surface area contributed by atoms with Gasteiger partial charge in [-0.2, -0.15) is 0 Å². The number of hydrogen-bond acceptors (Lipinski definition) is 5. The number of rotatable bonds is 2. The van der Waals surface area contributed by atoms with Crippen molar-refractivity contribution < 1.29 is 14.3 Å². The highest BCUT2D eigenvalue weighted by Crippen LogP contribution is 2.32. The highest BCUT2D eigenvalue weighted by Gasteiger charge is 2.42. The van der Waals surface area contributed by atoms with Gasteiger partial charge in [-0.25, -0.2) is 9.78 Å². The van der Waals surface area contributed by atoms with Crippen LogP contribution in [-0.4, -0.2) is 52.1 Å². The third kappa shape index (κ3) is 3.52. The van der Waals surface area contributed by atoms with E-state index in [9.17, 15) is 9.59 Å². The van der Waals surface area contributed by atoms with Crippen molar-refractivity contribution in [3.8, 4) is 0 Å². The first kappa shape index (κ1) is 18.6. The monoisotopic (exact) mass is 360 g/mol. The van der Waals surface area contributed by atoms with E-state index in [1.54, 1.807) is 17.3 Å². The van der Waals surface area contributed by atoms with Gasteiger partial charge in [0.25, 0.3) is 0 Å². The summed E-state index contributed by atoms with van der Waals surface area (Å²) >= 11 is 0. The highest BCUT2D eigenvalue weighted by molar-refractivity contribution is 5.90. The smallest absolute Gasteiger partial charge is 0.416 e. The van der Waals surface area contributed by atoms with E-state index in [0.717, 1.165) is 25.1 Å². The molecule has 26 heavy (non-hydrogen) atoms. The van der Waals surface area contributed by atoms with Crippen molar-refractivity contribution in [3.63, 3.8) is 0 Å². The molecule has 2 fully saturated rings. The minimum atomic E-state index is -0.453. The number of carbonyl (C=O) groups is 2. The van der Waals surface area contributed by atoms with Gasteiger partial charge in [0, 0.05) is 30.6 Å². The van der Waals surface area contributed by atoms with Gasteiger partial charge in [0.05, 0.1) is 17.4 Å². The van der Waals surface area contributed by atoms with Crippen LogP contribution in [-0.2, 0) is 9.53 Å². The second-order valence-electron chi connectivity index (χ2n) is 8.84. The molecule has 1 unspecified atom stereocenters. The van der Waals surface area contributed by atoms with E-state index in [2.05, 4.69) is 4.98 Å². The molecule has 2 aliphatic rings. The van der Waals surface area contributed by atoms with Crippen LogP contribution in [0.2, 0.25) is 0 Å². The quantitative estimate of drug-likeness (QED) is 0.810. The molecule has 0 saturated carbocycles. The summed E-state index contributed by atoms with van der Waals surface area (Å²) in [5, 5.41) is 0. The zero-order valence-corrected chi connectivity index (χ0v) is 16.3. The molecule has 1 aromatic heterocycles. The lowest BCUT2D eigenvalue weighted by Gasteiger charge is -2.36. The summed E-state index contributed by atoms with van der Waals surface area (Å²) < 4.78 is 5.17. The summed E-state index contributed by atoms with van der Waals surface area (Å²) in [4.78, 5) is 37.2. The molecular formula is C19H28N4O3. The minimum absolute atomic E-state index is 0.129. The van der Waals surface area contributed by atoms with Crippen LogP contribution in [0, 0.1) is 5.41 Å². The Morgan fingerprint density at radius 3 is 2.65 bits per heavy atom. The third-order valence-electron chi connectivity index (χ3n) is 4.97. The standard InChI is InChI=1S/C19H28N4O3/c1-18(2,3)16(24)22-8-6-7-13(11-22)14-9-20-10-15(21-14)23-17(25)26-12-19(23,4)5/h9-10,13H,6-8,11-12H2,1-5H3. The van der Waals surface area contributed by atoms with E-state index < -0.39 is 17.0 Å². The number of ether oxygens (including phenoxy) is 1. The molecule has 3 rings (SSSR count). The second-order valence-corrected chi connectivity index (χ2v) is 8.84. The molecule has 7 nitrogen and oxygen atoms in total. The van der Waals surface area contributed by atoms with E-state index >= 15 is 0 Å². The Bertz CT molecular complexity index is 711. The van der Waals surface area contributed by atoms with Gasteiger partial charge in [-0.15, -0.1) is 0 Å². The van der Waals surface area contributed by atoms with Crippen LogP contribution < -0.4 is 4.90 Å². The molecule has 0 N–H and O–H groups in total. The molecule has 2 saturated heterocycles. The normalized spacial score (nSPS) is 23.1. The fourth-order valence-corrected chi connectivity index (χ4v) is 3.57. The van der Waals surface area contributed by atoms with E-state index in [-0.39, 0.29) is 11.8 Å². The first-order chi connectivity index (χ1) is 12.1. The van der Waals surface area contributed by atoms with Gasteiger partial charge in [0.2, 0.25) is 5.91 Å². The van der Waals surface area contributed by atoms with Gasteiger partial charge in [0.15, 0.2) is 5.82 Å². The Labute approximate surface area is 154 Å². The molecule has 1 aromatic rings. The summed E-state index contributed by atoms with van der Waals surface area (Å²) in [6.45, 7) is 11.5. The van der Waals surface area contributed by atoms with Gasteiger partial charge in [-0.05, 0) is 26.7 Å². The first-order valence-electron chi connectivity index (χ1n) is 9.18. The van der Waals surface area contributed by atoms with E-state index in [0.29, 0.717) is 19.0 Å². The Balaban J connectivity index is 1.82. The predicted octanol–water partition coefficient (Wildman–Crippen LogP) is 2.96. The lowest BCUT2D eigenvalue weighted by atomic mass is 9.90. The maximum Gasteiger partial charge on any atom is 0.416 e. The van der Waals surface area contributed by atoms with E-state index in [4.69, 9.17) is 9.72 Å². The van der Waals surface area contributed by atoms with Crippen molar-refractivity contribution >= 4 is 17.8 Å². The number of carbonyl (C=O) groups excluding carboxylic acids is 2. The van der Waals surface area contributed by atoms with Crippen molar-refractivity contribution in [2.24, 2.45) is 5.41 Å². The van der Waals surface area contributed by atoms with Crippen molar-refractivity contribution in [2.45, 2.75) is 58.9 Å². The molecule has 2 aliphatic heterocycles. The fraction of sp³-hybridized carbons (Fsp3) is 0.684. The molecule has 0 bridgehead atoms. The third-order valence-corrected chi connectivity index (χ3v) is 4.97. The lowest BCUT2D eigenvalue weighted by Crippen LogP contribution is -2.45. The van der Waals surface area contributed by atoms with Gasteiger partial charge in [-0.1, -0.05) is 20.8 Å². The summed E-state index contributed by atoms with van der Waals surface area (Å²) in [5.74, 6) is 0.800. The van der Waals surface area contributed by atoms with Gasteiger partial charge >= 0.3 is 6.09 Å². The molecule has 142 valence electrons. The maximum atomic E-state index is 12.6. The van der Waals surface area contributed by atoms with Gasteiger partial charge in [0.1, 0.15) is 6.61 Å². The number of aromatic nitrogens is 2. The minimum Gasteiger partial charge on any atom is -0.447 e. The Morgan fingerprint density at radius 1 is 1.31 bits per heavy atom. The zero-order chi connectivity index (χ0) is 19.1. The summed E-state index contributed by atoms with van der Waals surface area (Å²) in [5.41, 5.74) is -0.0198. The molecule has 3 heterocycles. The predicted molar refractivity (Wildman–Crippen MR) is 97.9 cm³/mol. The number of piperidine rings is 1. The van der Waals surface area contributed by atoms with Crippen LogP contribution in [0.25, 0.3) is 0 Å². The van der Waals surface area contributed by atoms with Crippen LogP contribution in [0.1, 0.15) is 59.1 Å². The molecule has 0 spiro atoms. The maximum absolute atomic E-state index is 12.6. The van der Waals surface area contributed by atoms with Crippen LogP contribution >= 0.6 is 0 Å². The van der Waals surface area contributed by atoms with E-state index in [1.165, 1.54) is 0 Å². The van der Waals surface area contributed by atoms with Crippen LogP contribution in [0.15, 0.2) is 12.4 Å². The number of nitrogens with zero attached hydrogens (tertiary/aromatic N) is 4. The molecule has 7 heteroatoms. The van der Waals surface area contributed by atoms with Crippen molar-refractivity contribution in [3.05, 3.63) is 18.1 Å². The molecule has 0 aliphatic carbocycles. The number of anilines is 1. The molecule has 0 aromatic carbocycles. The van der Waals surface area contributed by atoms with Crippen molar-refractivity contribution in [1.29, 1.82) is 0 Å². The SMILES string of the molecule is CC(C)(C)C(=O)N1CCCC(c2cncc(N3C(=O)OCC3(C)C)n2)C1. The second kappa shape index (κ2) is 6.52. The highest BCUT2D eigenvalue weighted by atomic mass is 16.6. The number of cyclic esters (lactones) is 1. The fourth-order valence-electron chi connectivity index (χ4n) is 3.57. The molecule has 1 atom stereocenters. The van der Waals surface area contributed by atoms with Crippen LogP contribution in [0.3, 0.4) is 0 Å². The first-order valence-corrected chi connectivity index (χ1v) is 9.18. The molecular weight excluding hydrogens is 332 g/mol. The largest absolute Gasteiger partial charge is 0.447 e. The lowest BCUT2D eigenvalue weighted by molar-refractivity contribution is -0.140. The summed E-state index contributed by atoms with van der Waals surface area (Å²) in [7, 11) is 0. The topological polar surface area (TPSA) is 75.6 Å². The molecule has 2 amide bonds. The Morgan fingerprint density at radius 2 is 2.04 bits per heavy atom. The average Bonchev–Trinajstić information content (AvgIpc) is 2.86. The van der Waals surface area contributed by atoms with Crippen molar-refractivity contribution in [1.82, 2.24) is 14.9 Å². The number of likely N-dealkylation sites (tertiary alicyclic amines) is 1. The summed E-state index contributed by atoms with van der Waals surface area (Å²) in [6.07, 6.45) is 4.84. The van der Waals surface area contributed by atoms with Gasteiger partial charge < -0.3 is 9.64 Å². The van der Waals surface area contributed by atoms with E-state index in [1.807, 2.05) is 39.5 Å². The Hall–Kier alpha value is -2.18. The Kier molecular flexibility index (Phi) is 4.67. The van der Waals surface area contributed by atoms with Crippen LogP contribution in [0.4, 0.5) is 10.6 Å². The van der Waals surface area contributed by atoms with Crippen LogP contribution in [0.5, 0.6) is 0 Å². The average molecular weight is 360 g/mol. The summed E-state index contributed by atoms with van der Waals surface area (Å²) in [6, 6.07) is 0. The van der Waals surface area contributed by atoms with Crippen molar-refractivity contribution in [2.75, 3.05) is 24.6 Å². The van der Waals surface area contributed by atoms with Gasteiger partial charge in [-0.3, -0.25) is 14.7 Å². The zero-order valence-electron chi connectivity index (χ0n) is 16.3. The number of hydrogen-bond donors (Lipinski definition) is 0. The number of amides is 2.